The second kappa shape index (κ2) is 3.91. The largest absolute Gasteiger partial charge is 0.504 e. The van der Waals surface area contributed by atoms with Gasteiger partial charge in [0.05, 0.1) is 6.54 Å². The van der Waals surface area contributed by atoms with E-state index in [-0.39, 0.29) is 18.0 Å². The maximum absolute atomic E-state index is 10.8. The molecule has 0 saturated heterocycles. The molecule has 0 fully saturated rings. The van der Waals surface area contributed by atoms with E-state index in [2.05, 4.69) is 0 Å². The molecule has 0 heterocycles. The number of ether oxygens (including phenoxy) is 1. The Kier molecular flexibility index (Phi) is 2.87. The molecule has 70 valence electrons. The summed E-state index contributed by atoms with van der Waals surface area (Å²) in [5, 5.41) is 9.32. The summed E-state index contributed by atoms with van der Waals surface area (Å²) >= 11 is 0. The second-order valence-corrected chi connectivity index (χ2v) is 2.65. The zero-order chi connectivity index (χ0) is 9.84. The number of carbonyl (C=O) groups is 1. The number of aryl methyl sites for hydroxylation is 1. The molecule has 0 bridgehead atoms. The predicted molar refractivity (Wildman–Crippen MR) is 47.5 cm³/mol. The minimum atomic E-state index is -0.570. The van der Waals surface area contributed by atoms with Crippen LogP contribution in [0.25, 0.3) is 0 Å². The molecule has 0 spiro atoms. The Morgan fingerprint density at radius 2 is 2.31 bits per heavy atom. The molecule has 1 rings (SSSR count). The molecule has 0 amide bonds. The molecule has 0 unspecified atom stereocenters. The van der Waals surface area contributed by atoms with Gasteiger partial charge in [0.25, 0.3) is 0 Å². The van der Waals surface area contributed by atoms with E-state index in [1.165, 1.54) is 12.1 Å². The Balaban J connectivity index is 2.83. The zero-order valence-electron chi connectivity index (χ0n) is 7.28. The molecule has 0 aromatic heterocycles. The fraction of sp³-hybridized carbons (Fsp3) is 0.222. The van der Waals surface area contributed by atoms with E-state index in [9.17, 15) is 9.90 Å². The number of carbonyl (C=O) groups excluding carboxylic acids is 1. The molecule has 0 aliphatic carbocycles. The van der Waals surface area contributed by atoms with E-state index in [1.807, 2.05) is 6.92 Å². The smallest absolute Gasteiger partial charge is 0.325 e. The minimum Gasteiger partial charge on any atom is -0.504 e. The van der Waals surface area contributed by atoms with Crippen molar-refractivity contribution in [2.45, 2.75) is 6.92 Å². The van der Waals surface area contributed by atoms with Crippen molar-refractivity contribution in [1.82, 2.24) is 0 Å². The third-order valence-corrected chi connectivity index (χ3v) is 1.50. The van der Waals surface area contributed by atoms with Crippen molar-refractivity contribution in [3.63, 3.8) is 0 Å². The van der Waals surface area contributed by atoms with Gasteiger partial charge in [0.2, 0.25) is 0 Å². The number of nitrogens with two attached hydrogens (primary N) is 1. The van der Waals surface area contributed by atoms with Crippen molar-refractivity contribution in [3.05, 3.63) is 23.8 Å². The summed E-state index contributed by atoms with van der Waals surface area (Å²) in [5.74, 6) is -0.484. The molecule has 13 heavy (non-hydrogen) atoms. The SMILES string of the molecule is Cc1ccc(OC(=O)CN)c(O)c1. The van der Waals surface area contributed by atoms with E-state index >= 15 is 0 Å². The molecule has 0 atom stereocenters. The summed E-state index contributed by atoms with van der Waals surface area (Å²) in [4.78, 5) is 10.8. The van der Waals surface area contributed by atoms with Crippen LogP contribution in [0.15, 0.2) is 18.2 Å². The molecule has 0 aliphatic heterocycles. The van der Waals surface area contributed by atoms with Gasteiger partial charge in [-0.2, -0.15) is 0 Å². The number of phenolic OH excluding ortho intramolecular Hbond substituents is 1. The van der Waals surface area contributed by atoms with Crippen molar-refractivity contribution in [3.8, 4) is 11.5 Å². The van der Waals surface area contributed by atoms with E-state index in [4.69, 9.17) is 10.5 Å². The molecule has 1 aromatic carbocycles. The molecule has 0 saturated carbocycles. The number of benzene rings is 1. The van der Waals surface area contributed by atoms with Crippen LogP contribution in [0.1, 0.15) is 5.56 Å². The Hall–Kier alpha value is -1.55. The maximum Gasteiger partial charge on any atom is 0.325 e. The van der Waals surface area contributed by atoms with Crippen LogP contribution in [0.4, 0.5) is 0 Å². The van der Waals surface area contributed by atoms with E-state index in [0.717, 1.165) is 5.56 Å². The van der Waals surface area contributed by atoms with Crippen LogP contribution in [0.3, 0.4) is 0 Å². The van der Waals surface area contributed by atoms with Crippen LogP contribution >= 0.6 is 0 Å². The molecule has 0 radical (unpaired) electrons. The highest BCUT2D eigenvalue weighted by molar-refractivity contribution is 5.74. The van der Waals surface area contributed by atoms with Gasteiger partial charge in [0, 0.05) is 0 Å². The monoisotopic (exact) mass is 181 g/mol. The standard InChI is InChI=1S/C9H11NO3/c1-6-2-3-8(7(11)4-6)13-9(12)5-10/h2-4,11H,5,10H2,1H3. The quantitative estimate of drug-likeness (QED) is 0.516. The van der Waals surface area contributed by atoms with Gasteiger partial charge >= 0.3 is 5.97 Å². The lowest BCUT2D eigenvalue weighted by Gasteiger charge is -2.04. The van der Waals surface area contributed by atoms with E-state index < -0.39 is 5.97 Å². The Bertz CT molecular complexity index is 323. The van der Waals surface area contributed by atoms with Crippen molar-refractivity contribution in [2.75, 3.05) is 6.54 Å². The Labute approximate surface area is 75.9 Å². The molecule has 4 heteroatoms. The van der Waals surface area contributed by atoms with Gasteiger partial charge in [-0.25, -0.2) is 0 Å². The van der Waals surface area contributed by atoms with Crippen molar-refractivity contribution >= 4 is 5.97 Å². The van der Waals surface area contributed by atoms with Gasteiger partial charge in [-0.3, -0.25) is 4.79 Å². The van der Waals surface area contributed by atoms with Crippen molar-refractivity contribution in [2.24, 2.45) is 5.73 Å². The number of esters is 1. The first-order valence-corrected chi connectivity index (χ1v) is 3.84. The number of hydrogen-bond acceptors (Lipinski definition) is 4. The van der Waals surface area contributed by atoms with Gasteiger partial charge < -0.3 is 15.6 Å². The maximum atomic E-state index is 10.8. The lowest BCUT2D eigenvalue weighted by Crippen LogP contribution is -2.19. The molecular weight excluding hydrogens is 170 g/mol. The molecule has 1 aromatic rings. The highest BCUT2D eigenvalue weighted by Crippen LogP contribution is 2.26. The fourth-order valence-electron chi connectivity index (χ4n) is 0.878. The second-order valence-electron chi connectivity index (χ2n) is 2.65. The van der Waals surface area contributed by atoms with E-state index in [0.29, 0.717) is 0 Å². The van der Waals surface area contributed by atoms with Crippen LogP contribution in [-0.2, 0) is 4.79 Å². The first-order chi connectivity index (χ1) is 6.13. The number of hydrogen-bond donors (Lipinski definition) is 2. The molecule has 0 aliphatic rings. The lowest BCUT2D eigenvalue weighted by molar-refractivity contribution is -0.132. The van der Waals surface area contributed by atoms with Gasteiger partial charge in [-0.15, -0.1) is 0 Å². The first kappa shape index (κ1) is 9.54. The van der Waals surface area contributed by atoms with Crippen LogP contribution < -0.4 is 10.5 Å². The average molecular weight is 181 g/mol. The Morgan fingerprint density at radius 3 is 2.85 bits per heavy atom. The number of phenols is 1. The summed E-state index contributed by atoms with van der Waals surface area (Å²) < 4.78 is 4.74. The summed E-state index contributed by atoms with van der Waals surface area (Å²) in [7, 11) is 0. The van der Waals surface area contributed by atoms with Gasteiger partial charge in [0.1, 0.15) is 0 Å². The topological polar surface area (TPSA) is 72.5 Å². The lowest BCUT2D eigenvalue weighted by atomic mass is 10.2. The third kappa shape index (κ3) is 2.45. The molecule has 3 N–H and O–H groups in total. The van der Waals surface area contributed by atoms with Gasteiger partial charge in [-0.05, 0) is 24.6 Å². The van der Waals surface area contributed by atoms with Crippen molar-refractivity contribution < 1.29 is 14.6 Å². The zero-order valence-corrected chi connectivity index (χ0v) is 7.28. The third-order valence-electron chi connectivity index (χ3n) is 1.50. The highest BCUT2D eigenvalue weighted by atomic mass is 16.5. The first-order valence-electron chi connectivity index (χ1n) is 3.84. The summed E-state index contributed by atoms with van der Waals surface area (Å²) in [6.07, 6.45) is 0. The summed E-state index contributed by atoms with van der Waals surface area (Å²) in [6.45, 7) is 1.63. The van der Waals surface area contributed by atoms with Crippen molar-refractivity contribution in [1.29, 1.82) is 0 Å². The van der Waals surface area contributed by atoms with Crippen LogP contribution in [0.5, 0.6) is 11.5 Å². The van der Waals surface area contributed by atoms with Crippen LogP contribution in [0, 0.1) is 6.92 Å². The predicted octanol–water partition coefficient (Wildman–Crippen LogP) is 0.565. The highest BCUT2D eigenvalue weighted by Gasteiger charge is 2.06. The number of rotatable bonds is 2. The number of aromatic hydroxyl groups is 1. The average Bonchev–Trinajstić information content (AvgIpc) is 2.09. The van der Waals surface area contributed by atoms with Gasteiger partial charge in [0.15, 0.2) is 11.5 Å². The van der Waals surface area contributed by atoms with Gasteiger partial charge in [-0.1, -0.05) is 6.07 Å². The Morgan fingerprint density at radius 1 is 1.62 bits per heavy atom. The fourth-order valence-corrected chi connectivity index (χ4v) is 0.878. The summed E-state index contributed by atoms with van der Waals surface area (Å²) in [6, 6.07) is 4.77. The van der Waals surface area contributed by atoms with Crippen LogP contribution in [-0.4, -0.2) is 17.6 Å². The minimum absolute atomic E-state index is 0.0539. The molecular formula is C9H11NO3. The normalized spacial score (nSPS) is 9.69. The molecule has 4 nitrogen and oxygen atoms in total. The van der Waals surface area contributed by atoms with Crippen LogP contribution in [0.2, 0.25) is 0 Å². The summed E-state index contributed by atoms with van der Waals surface area (Å²) in [5.41, 5.74) is 5.94. The van der Waals surface area contributed by atoms with E-state index in [1.54, 1.807) is 6.07 Å².